The van der Waals surface area contributed by atoms with Gasteiger partial charge in [0, 0.05) is 13.1 Å². The summed E-state index contributed by atoms with van der Waals surface area (Å²) < 4.78 is 21.7. The number of aromatic nitrogens is 4. The third-order valence-electron chi connectivity index (χ3n) is 6.03. The van der Waals surface area contributed by atoms with Gasteiger partial charge < -0.3 is 21.1 Å². The van der Waals surface area contributed by atoms with Crippen LogP contribution in [0.2, 0.25) is 0 Å². The first-order valence-electron chi connectivity index (χ1n) is 11.4. The minimum atomic E-state index is -0.537. The molecule has 1 atom stereocenters. The molecule has 2 aromatic carbocycles. The summed E-state index contributed by atoms with van der Waals surface area (Å²) in [6, 6.07) is 16.4. The molecule has 2 aromatic heterocycles. The van der Waals surface area contributed by atoms with Gasteiger partial charge in [-0.2, -0.15) is 9.97 Å². The maximum absolute atomic E-state index is 13.8. The van der Waals surface area contributed by atoms with E-state index >= 15 is 0 Å². The van der Waals surface area contributed by atoms with Crippen LogP contribution in [0, 0.1) is 0 Å². The maximum atomic E-state index is 13.8. The Hall–Kier alpha value is -4.34. The molecule has 4 N–H and O–H groups in total. The van der Waals surface area contributed by atoms with E-state index in [1.165, 1.54) is 10.6 Å². The van der Waals surface area contributed by atoms with E-state index in [1.807, 2.05) is 35.2 Å². The number of anilines is 2. The van der Waals surface area contributed by atoms with Crippen LogP contribution in [0.15, 0.2) is 71.7 Å². The Morgan fingerprint density at radius 2 is 1.80 bits per heavy atom. The van der Waals surface area contributed by atoms with E-state index in [4.69, 9.17) is 16.2 Å². The maximum Gasteiger partial charge on any atom is 0.335 e. The van der Waals surface area contributed by atoms with Gasteiger partial charge in [0.2, 0.25) is 5.95 Å². The Labute approximate surface area is 201 Å². The van der Waals surface area contributed by atoms with Crippen molar-refractivity contribution in [3.8, 4) is 17.2 Å². The number of rotatable bonds is 6. The standard InChI is InChI=1S/C25H26FN7O2/c26-13-5-15-31-14-4-6-18(16-31)33-23-21(22(27)29-24(28)30-23)32(25(33)34)17-9-11-20(12-10-17)35-19-7-2-1-3-8-19/h1-3,5,7-12,15,18H,4,6,13-14,16H2,(H4,27,28,29,30)/t18-/m1/s1. The van der Waals surface area contributed by atoms with Crippen molar-refractivity contribution in [2.75, 3.05) is 31.2 Å². The van der Waals surface area contributed by atoms with E-state index < -0.39 is 6.67 Å². The average Bonchev–Trinajstić information content (AvgIpc) is 3.16. The van der Waals surface area contributed by atoms with Crippen LogP contribution >= 0.6 is 0 Å². The zero-order valence-electron chi connectivity index (χ0n) is 19.0. The molecular weight excluding hydrogens is 449 g/mol. The number of imidazole rings is 1. The molecule has 0 bridgehead atoms. The number of hydrogen-bond donors (Lipinski definition) is 2. The van der Waals surface area contributed by atoms with Crippen LogP contribution in [-0.4, -0.2) is 43.8 Å². The minimum Gasteiger partial charge on any atom is -0.457 e. The fraction of sp³-hybridized carbons (Fsp3) is 0.240. The molecule has 1 aliphatic heterocycles. The Balaban J connectivity index is 1.57. The highest BCUT2D eigenvalue weighted by Gasteiger charge is 2.28. The minimum absolute atomic E-state index is 0.00232. The fourth-order valence-corrected chi connectivity index (χ4v) is 4.53. The lowest BCUT2D eigenvalue weighted by molar-refractivity contribution is 0.234. The van der Waals surface area contributed by atoms with Crippen LogP contribution in [0.1, 0.15) is 18.9 Å². The van der Waals surface area contributed by atoms with Crippen molar-refractivity contribution in [1.29, 1.82) is 0 Å². The van der Waals surface area contributed by atoms with Gasteiger partial charge in [0.15, 0.2) is 11.5 Å². The smallest absolute Gasteiger partial charge is 0.335 e. The number of ether oxygens (including phenoxy) is 1. The van der Waals surface area contributed by atoms with E-state index in [0.717, 1.165) is 19.4 Å². The lowest BCUT2D eigenvalue weighted by atomic mass is 10.1. The van der Waals surface area contributed by atoms with Crippen LogP contribution in [0.5, 0.6) is 11.5 Å². The van der Waals surface area contributed by atoms with Crippen LogP contribution in [0.3, 0.4) is 0 Å². The van der Waals surface area contributed by atoms with Crippen LogP contribution in [-0.2, 0) is 0 Å². The van der Waals surface area contributed by atoms with E-state index in [0.29, 0.717) is 34.9 Å². The van der Waals surface area contributed by atoms with Crippen molar-refractivity contribution >= 4 is 22.9 Å². The van der Waals surface area contributed by atoms with Gasteiger partial charge in [0.25, 0.3) is 0 Å². The van der Waals surface area contributed by atoms with Crippen molar-refractivity contribution in [2.45, 2.75) is 18.9 Å². The second-order valence-corrected chi connectivity index (χ2v) is 8.37. The third kappa shape index (κ3) is 4.42. The van der Waals surface area contributed by atoms with Gasteiger partial charge in [-0.05, 0) is 61.5 Å². The van der Waals surface area contributed by atoms with Gasteiger partial charge in [0.1, 0.15) is 23.7 Å². The van der Waals surface area contributed by atoms with Crippen LogP contribution in [0.25, 0.3) is 16.9 Å². The Morgan fingerprint density at radius 3 is 2.54 bits per heavy atom. The first-order chi connectivity index (χ1) is 17.0. The summed E-state index contributed by atoms with van der Waals surface area (Å²) in [6.07, 6.45) is 4.82. The highest BCUT2D eigenvalue weighted by molar-refractivity contribution is 5.85. The first-order valence-corrected chi connectivity index (χ1v) is 11.4. The lowest BCUT2D eigenvalue weighted by Gasteiger charge is -2.32. The number of nitrogens with two attached hydrogens (primary N) is 2. The molecule has 0 amide bonds. The number of likely N-dealkylation sites (tertiary alicyclic amines) is 1. The summed E-state index contributed by atoms with van der Waals surface area (Å²) in [6.45, 7) is 0.802. The van der Waals surface area contributed by atoms with Gasteiger partial charge in [0.05, 0.1) is 11.7 Å². The number of nitrogen functional groups attached to an aromatic ring is 2. The molecule has 4 aromatic rings. The second-order valence-electron chi connectivity index (χ2n) is 8.37. The SMILES string of the molecule is Nc1nc(N)c2c(n1)n([C@@H]1CCCN(C=CCF)C1)c(=O)n2-c1ccc(Oc2ccccc2)cc1. The molecule has 9 nitrogen and oxygen atoms in total. The monoisotopic (exact) mass is 475 g/mol. The molecule has 1 fully saturated rings. The van der Waals surface area contributed by atoms with Gasteiger partial charge in [-0.15, -0.1) is 0 Å². The Morgan fingerprint density at radius 1 is 1.06 bits per heavy atom. The molecule has 1 aliphatic rings. The molecule has 5 rings (SSSR count). The second kappa shape index (κ2) is 9.49. The van der Waals surface area contributed by atoms with Gasteiger partial charge in [-0.1, -0.05) is 18.2 Å². The quantitative estimate of drug-likeness (QED) is 0.437. The van der Waals surface area contributed by atoms with Crippen molar-refractivity contribution in [3.63, 3.8) is 0 Å². The fourth-order valence-electron chi connectivity index (χ4n) is 4.53. The number of para-hydroxylation sites is 1. The lowest BCUT2D eigenvalue weighted by Crippen LogP contribution is -2.37. The molecule has 3 heterocycles. The predicted molar refractivity (Wildman–Crippen MR) is 133 cm³/mol. The Kier molecular flexibility index (Phi) is 6.09. The summed E-state index contributed by atoms with van der Waals surface area (Å²) >= 11 is 0. The number of allylic oxidation sites excluding steroid dienone is 1. The zero-order valence-corrected chi connectivity index (χ0v) is 19.0. The van der Waals surface area contributed by atoms with Gasteiger partial charge >= 0.3 is 5.69 Å². The number of nitrogens with zero attached hydrogens (tertiary/aromatic N) is 5. The van der Waals surface area contributed by atoms with Gasteiger partial charge in [-0.25, -0.2) is 9.18 Å². The molecular formula is C25H26FN7O2. The third-order valence-corrected chi connectivity index (χ3v) is 6.03. The molecule has 180 valence electrons. The van der Waals surface area contributed by atoms with Crippen molar-refractivity contribution < 1.29 is 9.13 Å². The molecule has 35 heavy (non-hydrogen) atoms. The number of fused-ring (bicyclic) bond motifs is 1. The predicted octanol–water partition coefficient (Wildman–Crippen LogP) is 3.66. The van der Waals surface area contributed by atoms with Crippen molar-refractivity contribution in [3.05, 3.63) is 77.4 Å². The van der Waals surface area contributed by atoms with E-state index in [-0.39, 0.29) is 23.5 Å². The molecule has 0 unspecified atom stereocenters. The summed E-state index contributed by atoms with van der Waals surface area (Å²) in [5.74, 6) is 1.47. The van der Waals surface area contributed by atoms with E-state index in [2.05, 4.69) is 9.97 Å². The van der Waals surface area contributed by atoms with Crippen molar-refractivity contribution in [2.24, 2.45) is 0 Å². The van der Waals surface area contributed by atoms with Gasteiger partial charge in [-0.3, -0.25) is 9.13 Å². The Bertz CT molecular complexity index is 1410. The van der Waals surface area contributed by atoms with Crippen LogP contribution in [0.4, 0.5) is 16.2 Å². The zero-order chi connectivity index (χ0) is 24.4. The number of halogens is 1. The molecule has 0 radical (unpaired) electrons. The molecule has 0 saturated carbocycles. The van der Waals surface area contributed by atoms with Crippen LogP contribution < -0.4 is 21.9 Å². The summed E-state index contributed by atoms with van der Waals surface area (Å²) in [7, 11) is 0. The highest BCUT2D eigenvalue weighted by atomic mass is 19.1. The summed E-state index contributed by atoms with van der Waals surface area (Å²) in [5.41, 5.74) is 13.2. The number of hydrogen-bond acceptors (Lipinski definition) is 7. The largest absolute Gasteiger partial charge is 0.457 e. The highest BCUT2D eigenvalue weighted by Crippen LogP contribution is 2.29. The topological polar surface area (TPSA) is 117 Å². The molecule has 0 aliphatic carbocycles. The van der Waals surface area contributed by atoms with E-state index in [9.17, 15) is 9.18 Å². The molecule has 0 spiro atoms. The average molecular weight is 476 g/mol. The number of alkyl halides is 1. The normalized spacial score (nSPS) is 16.3. The molecule has 10 heteroatoms. The number of benzene rings is 2. The molecule has 1 saturated heterocycles. The summed E-state index contributed by atoms with van der Waals surface area (Å²) in [4.78, 5) is 24.3. The first kappa shape index (κ1) is 22.5. The van der Waals surface area contributed by atoms with Crippen molar-refractivity contribution in [1.82, 2.24) is 24.0 Å². The number of piperidine rings is 1. The summed E-state index contributed by atoms with van der Waals surface area (Å²) in [5, 5.41) is 0. The van der Waals surface area contributed by atoms with E-state index in [1.54, 1.807) is 35.0 Å².